The Bertz CT molecular complexity index is 883. The Morgan fingerprint density at radius 1 is 1.35 bits per heavy atom. The molecule has 0 aliphatic heterocycles. The summed E-state index contributed by atoms with van der Waals surface area (Å²) in [6.07, 6.45) is 5.36. The lowest BCUT2D eigenvalue weighted by molar-refractivity contribution is 0.246. The van der Waals surface area contributed by atoms with Crippen LogP contribution in [0.15, 0.2) is 53.4 Å². The standard InChI is InChI=1S/C19H21N5O2/c1-2-24-18(20-12-21-24)17(13-8-9-13)23-19(25)22-15-6-3-5-14(11-15)16-7-4-10-26-16/h3-7,10-13,17H,2,8-9H2,1H3,(H2,22,23,25)/t17-/m0/s1. The second-order valence-electron chi connectivity index (χ2n) is 6.41. The normalized spacial score (nSPS) is 14.8. The van der Waals surface area contributed by atoms with E-state index in [0.29, 0.717) is 11.6 Å². The molecule has 2 aromatic heterocycles. The minimum absolute atomic E-state index is 0.120. The van der Waals surface area contributed by atoms with E-state index < -0.39 is 0 Å². The van der Waals surface area contributed by atoms with E-state index in [4.69, 9.17) is 4.42 Å². The first-order valence-electron chi connectivity index (χ1n) is 8.83. The number of urea groups is 1. The van der Waals surface area contributed by atoms with Gasteiger partial charge >= 0.3 is 6.03 Å². The van der Waals surface area contributed by atoms with Crippen LogP contribution in [0.3, 0.4) is 0 Å². The third-order valence-electron chi connectivity index (χ3n) is 4.53. The Morgan fingerprint density at radius 3 is 2.96 bits per heavy atom. The molecule has 4 rings (SSSR count). The van der Waals surface area contributed by atoms with Crippen molar-refractivity contribution in [2.24, 2.45) is 5.92 Å². The number of carbonyl (C=O) groups excluding carboxylic acids is 1. The van der Waals surface area contributed by atoms with Gasteiger partial charge in [0.15, 0.2) is 0 Å². The smallest absolute Gasteiger partial charge is 0.319 e. The zero-order valence-electron chi connectivity index (χ0n) is 14.6. The second-order valence-corrected chi connectivity index (χ2v) is 6.41. The highest BCUT2D eigenvalue weighted by Crippen LogP contribution is 2.40. The van der Waals surface area contributed by atoms with E-state index in [1.165, 1.54) is 0 Å². The predicted molar refractivity (Wildman–Crippen MR) is 97.5 cm³/mol. The van der Waals surface area contributed by atoms with E-state index in [9.17, 15) is 4.79 Å². The summed E-state index contributed by atoms with van der Waals surface area (Å²) in [7, 11) is 0. The molecule has 1 atom stereocenters. The maximum atomic E-state index is 12.5. The Labute approximate surface area is 151 Å². The number of aromatic nitrogens is 3. The van der Waals surface area contributed by atoms with Crippen molar-refractivity contribution in [1.82, 2.24) is 20.1 Å². The molecular formula is C19H21N5O2. The number of benzene rings is 1. The van der Waals surface area contributed by atoms with Crippen LogP contribution >= 0.6 is 0 Å². The molecule has 1 aliphatic carbocycles. The van der Waals surface area contributed by atoms with Gasteiger partial charge in [0.05, 0.1) is 12.3 Å². The summed E-state index contributed by atoms with van der Waals surface area (Å²) in [5, 5.41) is 10.2. The van der Waals surface area contributed by atoms with Gasteiger partial charge in [0, 0.05) is 17.8 Å². The van der Waals surface area contributed by atoms with E-state index in [-0.39, 0.29) is 12.1 Å². The number of carbonyl (C=O) groups is 1. The highest BCUT2D eigenvalue weighted by atomic mass is 16.3. The fraction of sp³-hybridized carbons (Fsp3) is 0.316. The van der Waals surface area contributed by atoms with Gasteiger partial charge < -0.3 is 15.1 Å². The fourth-order valence-corrected chi connectivity index (χ4v) is 3.08. The quantitative estimate of drug-likeness (QED) is 0.707. The minimum atomic E-state index is -0.246. The number of hydrogen-bond donors (Lipinski definition) is 2. The molecule has 1 aliphatic rings. The molecule has 1 fully saturated rings. The van der Waals surface area contributed by atoms with Gasteiger partial charge in [0.1, 0.15) is 17.9 Å². The summed E-state index contributed by atoms with van der Waals surface area (Å²) >= 11 is 0. The molecule has 1 saturated carbocycles. The van der Waals surface area contributed by atoms with Crippen molar-refractivity contribution in [1.29, 1.82) is 0 Å². The molecular weight excluding hydrogens is 330 g/mol. The summed E-state index contributed by atoms with van der Waals surface area (Å²) in [6.45, 7) is 2.75. The van der Waals surface area contributed by atoms with Crippen LogP contribution in [0.5, 0.6) is 0 Å². The number of rotatable bonds is 6. The molecule has 2 heterocycles. The van der Waals surface area contributed by atoms with Gasteiger partial charge in [0.2, 0.25) is 0 Å². The van der Waals surface area contributed by atoms with Gasteiger partial charge in [-0.25, -0.2) is 14.5 Å². The van der Waals surface area contributed by atoms with Crippen molar-refractivity contribution in [2.75, 3.05) is 5.32 Å². The van der Waals surface area contributed by atoms with Gasteiger partial charge in [-0.3, -0.25) is 0 Å². The maximum Gasteiger partial charge on any atom is 0.319 e. The summed E-state index contributed by atoms with van der Waals surface area (Å²) in [6, 6.07) is 10.9. The molecule has 3 aromatic rings. The van der Waals surface area contributed by atoms with Crippen molar-refractivity contribution in [2.45, 2.75) is 32.4 Å². The maximum absolute atomic E-state index is 12.5. The second kappa shape index (κ2) is 7.03. The van der Waals surface area contributed by atoms with Crippen LogP contribution in [0.2, 0.25) is 0 Å². The Hall–Kier alpha value is -3.09. The number of nitrogens with zero attached hydrogens (tertiary/aromatic N) is 3. The van der Waals surface area contributed by atoms with Crippen LogP contribution in [0, 0.1) is 5.92 Å². The summed E-state index contributed by atoms with van der Waals surface area (Å²) in [4.78, 5) is 16.9. The Morgan fingerprint density at radius 2 is 2.23 bits per heavy atom. The van der Waals surface area contributed by atoms with Crippen LogP contribution < -0.4 is 10.6 Å². The van der Waals surface area contributed by atoms with Crippen LogP contribution in [-0.2, 0) is 6.54 Å². The molecule has 134 valence electrons. The zero-order valence-corrected chi connectivity index (χ0v) is 14.6. The molecule has 0 saturated heterocycles. The topological polar surface area (TPSA) is 85.0 Å². The van der Waals surface area contributed by atoms with Crippen LogP contribution in [0.1, 0.15) is 31.6 Å². The molecule has 2 amide bonds. The molecule has 2 N–H and O–H groups in total. The molecule has 26 heavy (non-hydrogen) atoms. The molecule has 0 radical (unpaired) electrons. The van der Waals surface area contributed by atoms with Crippen LogP contribution in [-0.4, -0.2) is 20.8 Å². The number of furan rings is 1. The van der Waals surface area contributed by atoms with Crippen LogP contribution in [0.25, 0.3) is 11.3 Å². The Balaban J connectivity index is 1.47. The first-order valence-corrected chi connectivity index (χ1v) is 8.83. The number of nitrogens with one attached hydrogen (secondary N) is 2. The fourth-order valence-electron chi connectivity index (χ4n) is 3.08. The molecule has 7 nitrogen and oxygen atoms in total. The lowest BCUT2D eigenvalue weighted by Crippen LogP contribution is -2.35. The molecule has 0 unspecified atom stereocenters. The number of amides is 2. The highest BCUT2D eigenvalue weighted by molar-refractivity contribution is 5.90. The Kier molecular flexibility index (Phi) is 4.43. The van der Waals surface area contributed by atoms with E-state index >= 15 is 0 Å². The predicted octanol–water partition coefficient (Wildman–Crippen LogP) is 3.83. The zero-order chi connectivity index (χ0) is 17.9. The first-order chi connectivity index (χ1) is 12.7. The SMILES string of the molecule is CCn1ncnc1[C@@H](NC(=O)Nc1cccc(-c2ccco2)c1)C1CC1. The van der Waals surface area contributed by atoms with E-state index in [1.807, 2.05) is 48.0 Å². The van der Waals surface area contributed by atoms with Crippen molar-refractivity contribution < 1.29 is 9.21 Å². The van der Waals surface area contributed by atoms with Gasteiger partial charge in [-0.15, -0.1) is 0 Å². The lowest BCUT2D eigenvalue weighted by atomic mass is 10.1. The summed E-state index contributed by atoms with van der Waals surface area (Å²) in [5.41, 5.74) is 1.63. The van der Waals surface area contributed by atoms with E-state index in [1.54, 1.807) is 12.6 Å². The monoisotopic (exact) mass is 351 g/mol. The average Bonchev–Trinajstić information content (AvgIpc) is 3.15. The van der Waals surface area contributed by atoms with Crippen molar-refractivity contribution in [3.63, 3.8) is 0 Å². The first kappa shape index (κ1) is 16.4. The lowest BCUT2D eigenvalue weighted by Gasteiger charge is -2.18. The number of anilines is 1. The van der Waals surface area contributed by atoms with E-state index in [0.717, 1.165) is 36.5 Å². The van der Waals surface area contributed by atoms with Gasteiger partial charge in [-0.05, 0) is 49.9 Å². The third kappa shape index (κ3) is 3.46. The number of hydrogen-bond acceptors (Lipinski definition) is 4. The van der Waals surface area contributed by atoms with Gasteiger partial charge in [0.25, 0.3) is 0 Å². The minimum Gasteiger partial charge on any atom is -0.464 e. The molecule has 1 aromatic carbocycles. The van der Waals surface area contributed by atoms with Crippen LogP contribution in [0.4, 0.5) is 10.5 Å². The van der Waals surface area contributed by atoms with Crippen molar-refractivity contribution >= 4 is 11.7 Å². The highest BCUT2D eigenvalue weighted by Gasteiger charge is 2.36. The summed E-state index contributed by atoms with van der Waals surface area (Å²) in [5.74, 6) is 2.00. The van der Waals surface area contributed by atoms with Gasteiger partial charge in [-0.2, -0.15) is 5.10 Å². The third-order valence-corrected chi connectivity index (χ3v) is 4.53. The molecule has 0 bridgehead atoms. The molecule has 7 heteroatoms. The summed E-state index contributed by atoms with van der Waals surface area (Å²) < 4.78 is 7.25. The van der Waals surface area contributed by atoms with Gasteiger partial charge in [-0.1, -0.05) is 12.1 Å². The average molecular weight is 351 g/mol. The van der Waals surface area contributed by atoms with E-state index in [2.05, 4.69) is 20.7 Å². The molecule has 0 spiro atoms. The largest absolute Gasteiger partial charge is 0.464 e. The van der Waals surface area contributed by atoms with Crippen molar-refractivity contribution in [3.8, 4) is 11.3 Å². The van der Waals surface area contributed by atoms with Crippen molar-refractivity contribution in [3.05, 3.63) is 54.8 Å². The number of aryl methyl sites for hydroxylation is 1.